The predicted molar refractivity (Wildman–Crippen MR) is 476 cm³/mol. The van der Waals surface area contributed by atoms with Crippen molar-refractivity contribution in [3.63, 3.8) is 0 Å². The second-order valence-electron chi connectivity index (χ2n) is 29.9. The first-order chi connectivity index (χ1) is 61.5. The first-order valence-corrected chi connectivity index (χ1v) is 47.9. The Morgan fingerprint density at radius 3 is 1.07 bits per heavy atom. The van der Waals surface area contributed by atoms with Gasteiger partial charge in [-0.1, -0.05) is 69.3 Å². The maximum atomic E-state index is 13.0. The van der Waals surface area contributed by atoms with E-state index in [0.29, 0.717) is 336 Å². The number of hydrogen-bond donors (Lipinski definition) is 2. The summed E-state index contributed by atoms with van der Waals surface area (Å²) >= 11 is 0. The Morgan fingerprint density at radius 2 is 0.722 bits per heavy atom. The minimum Gasteiger partial charge on any atom is -0.379 e. The average Bonchev–Trinajstić information content (AvgIpc) is 1.58. The van der Waals surface area contributed by atoms with Crippen LogP contribution in [0.3, 0.4) is 0 Å². The van der Waals surface area contributed by atoms with Crippen molar-refractivity contribution in [3.8, 4) is 0 Å². The van der Waals surface area contributed by atoms with Crippen molar-refractivity contribution in [2.24, 2.45) is 5.11 Å². The van der Waals surface area contributed by atoms with Crippen LogP contribution in [0.5, 0.6) is 0 Å². The lowest BCUT2D eigenvalue weighted by Crippen LogP contribution is -2.29. The number of allylic oxidation sites excluding steroid dienone is 6. The number of carbonyl (C=O) groups excluding carboxylic acids is 1. The molecule has 0 aromatic heterocycles. The van der Waals surface area contributed by atoms with Crippen molar-refractivity contribution in [2.75, 3.05) is 328 Å². The molecule has 1 atom stereocenters. The molecule has 0 bridgehead atoms. The van der Waals surface area contributed by atoms with Crippen molar-refractivity contribution >= 4 is 43.1 Å². The summed E-state index contributed by atoms with van der Waals surface area (Å²) in [6.45, 7) is 33.5. The Kier molecular flexibility index (Phi) is 67.9. The summed E-state index contributed by atoms with van der Waals surface area (Å²) in [6.07, 6.45) is 20.7. The zero-order valence-corrected chi connectivity index (χ0v) is 77.7. The fraction of sp³-hybridized carbons (Fsp3) is 0.775. The third kappa shape index (κ3) is 54.1. The summed E-state index contributed by atoms with van der Waals surface area (Å²) in [5, 5.41) is 3.38. The van der Waals surface area contributed by atoms with Crippen LogP contribution in [-0.2, 0) is 145 Å². The molecule has 126 heavy (non-hydrogen) atoms. The van der Waals surface area contributed by atoms with E-state index in [2.05, 4.69) is 66.3 Å². The van der Waals surface area contributed by atoms with Gasteiger partial charge in [0.2, 0.25) is 5.69 Å². The number of ketones is 1. The highest BCUT2D eigenvalue weighted by Crippen LogP contribution is 2.52. The van der Waals surface area contributed by atoms with Gasteiger partial charge in [0.15, 0.2) is 5.71 Å². The summed E-state index contributed by atoms with van der Waals surface area (Å²) in [7, 11) is -8.87. The molecule has 2 aliphatic heterocycles. The summed E-state index contributed by atoms with van der Waals surface area (Å²) in [4.78, 5) is 17.6. The molecule has 2 heterocycles. The third-order valence-corrected chi connectivity index (χ3v) is 21.5. The molecular weight excluding hydrogens is 1680 g/mol. The summed E-state index contributed by atoms with van der Waals surface area (Å²) in [5.74, 6) is 0.188. The SMILES string of the molecule is CCCCCN1C(=CC=CC=CC2=[N+](CCCCC)c3ccc(S(=O)(=O)O)cc3C2(C)C)C(C)(CCCCCC(=O)CCCOCCOCCOCCOCCOCCOCCOCCOCCOCCOCCOCCOCCOCCOCCOCCOCCOCCOCCOCCOCCOCCOCCOCCN=[N+]=[N-])c2cc(S(=O)(=O)O)ccc21. The van der Waals surface area contributed by atoms with Gasteiger partial charge in [-0.05, 0) is 100 Å². The van der Waals surface area contributed by atoms with Crippen molar-refractivity contribution in [1.82, 2.24) is 0 Å². The number of rotatable bonds is 92. The van der Waals surface area contributed by atoms with E-state index in [9.17, 15) is 30.7 Å². The minimum absolute atomic E-state index is 0.132. The Hall–Kier alpha value is -4.99. The largest absolute Gasteiger partial charge is 0.379 e. The van der Waals surface area contributed by atoms with Gasteiger partial charge in [0.25, 0.3) is 20.2 Å². The Morgan fingerprint density at radius 1 is 0.397 bits per heavy atom. The number of unbranched alkanes of at least 4 members (excludes halogenated alkanes) is 6. The van der Waals surface area contributed by atoms with E-state index in [-0.39, 0.29) is 15.6 Å². The van der Waals surface area contributed by atoms with Gasteiger partial charge < -0.3 is 114 Å². The molecule has 2 aromatic carbocycles. The molecule has 0 spiro atoms. The van der Waals surface area contributed by atoms with Crippen molar-refractivity contribution in [3.05, 3.63) is 94.0 Å². The standard InChI is InChI=1S/C89H151N5O30S2/c1-6-8-16-29-93-84-25-23-80(125(96,97)98)77-82(84)88(3,4)86(93)21-13-10-14-22-87-89(5,83-78-81(126(99,100)101)24-26-85(83)94(87)30-17-9-7-2)27-15-11-12-19-79(95)20-18-31-102-33-35-104-37-39-106-41-43-108-45-47-110-49-51-112-53-55-114-57-59-116-61-63-118-65-67-120-69-71-122-73-75-124-76-74-123-72-70-121-68-66-119-64-62-117-60-58-115-56-54-113-52-50-111-48-46-109-44-42-107-40-38-105-36-34-103-32-28-91-92-90/h10,13-14,21-26,77-78H,6-9,11-12,15-20,27-76H2,1-5H3,(H-,96,97,98,99,100,101)/p+1. The molecule has 0 aliphatic carbocycles. The second-order valence-corrected chi connectivity index (χ2v) is 32.7. The zero-order chi connectivity index (χ0) is 90.6. The van der Waals surface area contributed by atoms with E-state index in [0.717, 1.165) is 105 Å². The lowest BCUT2D eigenvalue weighted by Gasteiger charge is -2.30. The van der Waals surface area contributed by atoms with Gasteiger partial charge in [-0.25, -0.2) is 0 Å². The molecule has 2 aromatic rings. The number of fused-ring (bicyclic) bond motifs is 2. The van der Waals surface area contributed by atoms with Crippen molar-refractivity contribution in [2.45, 2.75) is 139 Å². The fourth-order valence-electron chi connectivity index (χ4n) is 13.2. The lowest BCUT2D eigenvalue weighted by molar-refractivity contribution is -0.438. The maximum Gasteiger partial charge on any atom is 0.294 e. The second kappa shape index (κ2) is 75.5. The van der Waals surface area contributed by atoms with Crippen molar-refractivity contribution < 1.29 is 144 Å². The molecule has 2 aliphatic rings. The molecule has 0 fully saturated rings. The van der Waals surface area contributed by atoms with Crippen LogP contribution in [0.1, 0.15) is 129 Å². The van der Waals surface area contributed by atoms with Crippen LogP contribution in [0.4, 0.5) is 11.4 Å². The lowest BCUT2D eigenvalue weighted by atomic mass is 9.77. The normalized spacial score (nSPS) is 14.9. The molecule has 724 valence electrons. The number of hydrogen-bond acceptors (Lipinski definition) is 30. The number of benzene rings is 2. The highest BCUT2D eigenvalue weighted by Gasteiger charge is 2.46. The van der Waals surface area contributed by atoms with E-state index >= 15 is 0 Å². The monoisotopic (exact) mass is 1830 g/mol. The molecular formula is C89H152N5O30S2+. The molecule has 2 N–H and O–H groups in total. The van der Waals surface area contributed by atoms with Gasteiger partial charge in [0.1, 0.15) is 12.3 Å². The highest BCUT2D eigenvalue weighted by molar-refractivity contribution is 7.86. The molecule has 1 unspecified atom stereocenters. The Bertz CT molecular complexity index is 3480. The van der Waals surface area contributed by atoms with E-state index in [4.69, 9.17) is 114 Å². The van der Waals surface area contributed by atoms with Gasteiger partial charge in [-0.15, -0.1) is 0 Å². The number of carbonyl (C=O) groups is 1. The van der Waals surface area contributed by atoms with E-state index in [1.54, 1.807) is 24.3 Å². The minimum atomic E-state index is -4.48. The molecule has 0 saturated carbocycles. The van der Waals surface area contributed by atoms with Gasteiger partial charge in [0.05, 0.1) is 313 Å². The van der Waals surface area contributed by atoms with Crippen LogP contribution >= 0.6 is 0 Å². The average molecular weight is 1840 g/mol. The van der Waals surface area contributed by atoms with Gasteiger partial charge in [-0.3, -0.25) is 13.9 Å². The highest BCUT2D eigenvalue weighted by atomic mass is 32.2. The molecule has 0 amide bonds. The van der Waals surface area contributed by atoms with Gasteiger partial charge >= 0.3 is 0 Å². The Balaban J connectivity index is 0.834. The van der Waals surface area contributed by atoms with E-state index in [1.165, 1.54) is 12.1 Å². The summed E-state index contributed by atoms with van der Waals surface area (Å²) in [6, 6.07) is 9.70. The maximum absolute atomic E-state index is 13.0. The zero-order valence-electron chi connectivity index (χ0n) is 76.1. The fourth-order valence-corrected chi connectivity index (χ4v) is 14.2. The first-order valence-electron chi connectivity index (χ1n) is 45.0. The molecule has 0 saturated heterocycles. The van der Waals surface area contributed by atoms with Crippen molar-refractivity contribution in [1.29, 1.82) is 0 Å². The quantitative estimate of drug-likeness (QED) is 0.0118. The van der Waals surface area contributed by atoms with Crippen LogP contribution in [-0.4, -0.2) is 366 Å². The van der Waals surface area contributed by atoms with Crippen LogP contribution in [0.25, 0.3) is 10.4 Å². The number of Topliss-reactive ketones (excluding diaryl/α,β-unsaturated/α-hetero) is 1. The number of ether oxygens (including phenoxy) is 23. The number of nitrogens with zero attached hydrogens (tertiary/aromatic N) is 5. The van der Waals surface area contributed by atoms with Gasteiger partial charge in [0, 0.05) is 78.4 Å². The molecule has 4 rings (SSSR count). The summed E-state index contributed by atoms with van der Waals surface area (Å²) in [5.41, 5.74) is 12.6. The molecule has 37 heteroatoms. The molecule has 35 nitrogen and oxygen atoms in total. The number of anilines is 1. The van der Waals surface area contributed by atoms with Crippen LogP contribution in [0.15, 0.2) is 87.4 Å². The number of azide groups is 1. The predicted octanol–water partition coefficient (Wildman–Crippen LogP) is 10.7. The van der Waals surface area contributed by atoms with E-state index < -0.39 is 31.1 Å². The first kappa shape index (κ1) is 113. The third-order valence-electron chi connectivity index (χ3n) is 19.8. The Labute approximate surface area is 750 Å². The van der Waals surface area contributed by atoms with E-state index in [1.807, 2.05) is 18.2 Å². The van der Waals surface area contributed by atoms with Crippen LogP contribution < -0.4 is 4.90 Å². The van der Waals surface area contributed by atoms with Gasteiger partial charge in [-0.2, -0.15) is 21.4 Å². The summed E-state index contributed by atoms with van der Waals surface area (Å²) < 4.78 is 199. The smallest absolute Gasteiger partial charge is 0.294 e. The van der Waals surface area contributed by atoms with Crippen LogP contribution in [0.2, 0.25) is 0 Å². The van der Waals surface area contributed by atoms with Crippen LogP contribution in [0, 0.1) is 0 Å². The topological polar surface area (TPSA) is 393 Å². The molecule has 0 radical (unpaired) electrons.